The topological polar surface area (TPSA) is 118 Å². The molecular weight excluding hydrogens is 262 g/mol. The van der Waals surface area contributed by atoms with Crippen molar-refractivity contribution in [1.29, 1.82) is 0 Å². The molecule has 1 aromatic heterocycles. The monoisotopic (exact) mass is 273 g/mol. The zero-order chi connectivity index (χ0) is 14.5. The van der Waals surface area contributed by atoms with Gasteiger partial charge in [0, 0.05) is 5.56 Å². The highest BCUT2D eigenvalue weighted by Crippen LogP contribution is 2.25. The summed E-state index contributed by atoms with van der Waals surface area (Å²) in [7, 11) is 0. The van der Waals surface area contributed by atoms with Crippen molar-refractivity contribution in [3.05, 3.63) is 47.7 Å². The van der Waals surface area contributed by atoms with E-state index in [1.54, 1.807) is 30.3 Å². The molecule has 0 aliphatic heterocycles. The Morgan fingerprint density at radius 3 is 2.70 bits per heavy atom. The molecule has 7 heteroatoms. The lowest BCUT2D eigenvalue weighted by Gasteiger charge is -2.01. The number of amides is 2. The molecule has 0 spiro atoms. The predicted molar refractivity (Wildman–Crippen MR) is 71.4 cm³/mol. The zero-order valence-electron chi connectivity index (χ0n) is 10.2. The number of carbonyl (C=O) groups excluding carboxylic acids is 1. The SMILES string of the molecule is NC(=O)N/N=C\c1ccc(-c2ccccc2C(=O)O)o1. The Morgan fingerprint density at radius 2 is 2.00 bits per heavy atom. The number of primary amides is 1. The Balaban J connectivity index is 2.27. The quantitative estimate of drug-likeness (QED) is 0.579. The Morgan fingerprint density at radius 1 is 1.25 bits per heavy atom. The molecule has 0 fully saturated rings. The van der Waals surface area contributed by atoms with Crippen molar-refractivity contribution >= 4 is 18.2 Å². The van der Waals surface area contributed by atoms with Crippen LogP contribution in [0.2, 0.25) is 0 Å². The molecule has 0 radical (unpaired) electrons. The number of nitrogens with one attached hydrogen (secondary N) is 1. The summed E-state index contributed by atoms with van der Waals surface area (Å²) in [6.07, 6.45) is 1.26. The van der Waals surface area contributed by atoms with Gasteiger partial charge in [0.1, 0.15) is 11.5 Å². The summed E-state index contributed by atoms with van der Waals surface area (Å²) in [6.45, 7) is 0. The van der Waals surface area contributed by atoms with Crippen LogP contribution >= 0.6 is 0 Å². The van der Waals surface area contributed by atoms with Crippen LogP contribution in [0, 0.1) is 0 Å². The second-order valence-corrected chi connectivity index (χ2v) is 3.79. The number of carboxylic acid groups (broad SMARTS) is 1. The minimum Gasteiger partial charge on any atom is -0.478 e. The molecule has 7 nitrogen and oxygen atoms in total. The predicted octanol–water partition coefficient (Wildman–Crippen LogP) is 1.65. The molecular formula is C13H11N3O4. The van der Waals surface area contributed by atoms with Crippen LogP contribution in [0.3, 0.4) is 0 Å². The average Bonchev–Trinajstić information content (AvgIpc) is 2.87. The minimum absolute atomic E-state index is 0.139. The highest BCUT2D eigenvalue weighted by atomic mass is 16.4. The molecule has 1 aromatic carbocycles. The van der Waals surface area contributed by atoms with Gasteiger partial charge in [-0.2, -0.15) is 5.10 Å². The fourth-order valence-electron chi connectivity index (χ4n) is 1.61. The van der Waals surface area contributed by atoms with Gasteiger partial charge in [0.25, 0.3) is 0 Å². The first-order chi connectivity index (χ1) is 9.58. The molecule has 2 rings (SSSR count). The number of aromatic carboxylic acids is 1. The summed E-state index contributed by atoms with van der Waals surface area (Å²) in [5, 5.41) is 12.7. The number of rotatable bonds is 4. The van der Waals surface area contributed by atoms with Crippen molar-refractivity contribution in [3.63, 3.8) is 0 Å². The first-order valence-corrected chi connectivity index (χ1v) is 5.59. The first kappa shape index (κ1) is 13.3. The van der Waals surface area contributed by atoms with Gasteiger partial charge in [-0.05, 0) is 18.2 Å². The summed E-state index contributed by atoms with van der Waals surface area (Å²) in [6, 6.07) is 8.91. The van der Waals surface area contributed by atoms with Gasteiger partial charge in [0.2, 0.25) is 0 Å². The normalized spacial score (nSPS) is 10.6. The average molecular weight is 273 g/mol. The number of furan rings is 1. The highest BCUT2D eigenvalue weighted by Gasteiger charge is 2.13. The number of hydrazone groups is 1. The van der Waals surface area contributed by atoms with Gasteiger partial charge in [-0.15, -0.1) is 0 Å². The maximum Gasteiger partial charge on any atom is 0.336 e. The fourth-order valence-corrected chi connectivity index (χ4v) is 1.61. The van der Waals surface area contributed by atoms with Crippen molar-refractivity contribution in [2.75, 3.05) is 0 Å². The van der Waals surface area contributed by atoms with Gasteiger partial charge < -0.3 is 15.3 Å². The van der Waals surface area contributed by atoms with Crippen LogP contribution in [0.4, 0.5) is 4.79 Å². The lowest BCUT2D eigenvalue weighted by molar-refractivity contribution is 0.0697. The minimum atomic E-state index is -1.04. The smallest absolute Gasteiger partial charge is 0.336 e. The first-order valence-electron chi connectivity index (χ1n) is 5.59. The van der Waals surface area contributed by atoms with Crippen LogP contribution in [0.5, 0.6) is 0 Å². The van der Waals surface area contributed by atoms with Crippen molar-refractivity contribution < 1.29 is 19.1 Å². The summed E-state index contributed by atoms with van der Waals surface area (Å²) < 4.78 is 5.44. The van der Waals surface area contributed by atoms with E-state index in [1.165, 1.54) is 12.3 Å². The molecule has 2 aromatic rings. The lowest BCUT2D eigenvalue weighted by atomic mass is 10.1. The molecule has 0 unspecified atom stereocenters. The molecule has 1 heterocycles. The fraction of sp³-hybridized carbons (Fsp3) is 0. The van der Waals surface area contributed by atoms with Crippen molar-refractivity contribution in [1.82, 2.24) is 5.43 Å². The van der Waals surface area contributed by atoms with Crippen molar-refractivity contribution in [2.45, 2.75) is 0 Å². The molecule has 0 aliphatic rings. The van der Waals surface area contributed by atoms with Crippen LogP contribution in [-0.4, -0.2) is 23.3 Å². The van der Waals surface area contributed by atoms with Crippen LogP contribution in [0.15, 0.2) is 45.9 Å². The largest absolute Gasteiger partial charge is 0.478 e. The maximum atomic E-state index is 11.1. The van der Waals surface area contributed by atoms with E-state index in [-0.39, 0.29) is 5.56 Å². The number of hydrogen-bond acceptors (Lipinski definition) is 4. The summed E-state index contributed by atoms with van der Waals surface area (Å²) in [4.78, 5) is 21.6. The third kappa shape index (κ3) is 3.02. The number of hydrogen-bond donors (Lipinski definition) is 3. The second-order valence-electron chi connectivity index (χ2n) is 3.79. The highest BCUT2D eigenvalue weighted by molar-refractivity contribution is 5.95. The van der Waals surface area contributed by atoms with E-state index in [2.05, 4.69) is 5.10 Å². The van der Waals surface area contributed by atoms with Gasteiger partial charge in [-0.3, -0.25) is 0 Å². The second kappa shape index (κ2) is 5.70. The standard InChI is InChI=1S/C13H11N3O4/c14-13(19)16-15-7-8-5-6-11(20-8)9-3-1-2-4-10(9)12(17)18/h1-7H,(H,17,18)(H3,14,16,19)/b15-7-. The number of urea groups is 1. The van der Waals surface area contributed by atoms with Crippen LogP contribution in [0.1, 0.15) is 16.1 Å². The number of nitrogens with zero attached hydrogens (tertiary/aromatic N) is 1. The van der Waals surface area contributed by atoms with Gasteiger partial charge in [-0.1, -0.05) is 18.2 Å². The van der Waals surface area contributed by atoms with E-state index in [1.807, 2.05) is 5.43 Å². The molecule has 0 saturated carbocycles. The Hall–Kier alpha value is -3.09. The van der Waals surface area contributed by atoms with E-state index in [0.29, 0.717) is 17.1 Å². The third-order valence-corrected chi connectivity index (χ3v) is 2.42. The molecule has 20 heavy (non-hydrogen) atoms. The van der Waals surface area contributed by atoms with Gasteiger partial charge in [0.05, 0.1) is 11.8 Å². The van der Waals surface area contributed by atoms with E-state index in [0.717, 1.165) is 0 Å². The Labute approximate surface area is 113 Å². The Kier molecular flexibility index (Phi) is 3.80. The molecule has 0 aliphatic carbocycles. The van der Waals surface area contributed by atoms with E-state index in [4.69, 9.17) is 15.3 Å². The van der Waals surface area contributed by atoms with E-state index >= 15 is 0 Å². The Bertz CT molecular complexity index is 676. The van der Waals surface area contributed by atoms with E-state index < -0.39 is 12.0 Å². The molecule has 0 saturated heterocycles. The lowest BCUT2D eigenvalue weighted by Crippen LogP contribution is -2.24. The van der Waals surface area contributed by atoms with Crippen LogP contribution < -0.4 is 11.2 Å². The van der Waals surface area contributed by atoms with Crippen LogP contribution in [0.25, 0.3) is 11.3 Å². The summed E-state index contributed by atoms with van der Waals surface area (Å²) >= 11 is 0. The van der Waals surface area contributed by atoms with Gasteiger partial charge in [0.15, 0.2) is 0 Å². The molecule has 0 atom stereocenters. The third-order valence-electron chi connectivity index (χ3n) is 2.42. The van der Waals surface area contributed by atoms with Gasteiger partial charge >= 0.3 is 12.0 Å². The van der Waals surface area contributed by atoms with Crippen molar-refractivity contribution in [2.24, 2.45) is 10.8 Å². The summed E-state index contributed by atoms with van der Waals surface area (Å²) in [5.41, 5.74) is 7.47. The number of carboxylic acids is 1. The summed E-state index contributed by atoms with van der Waals surface area (Å²) in [5.74, 6) is -0.292. The van der Waals surface area contributed by atoms with Crippen molar-refractivity contribution in [3.8, 4) is 11.3 Å². The molecule has 102 valence electrons. The maximum absolute atomic E-state index is 11.1. The number of benzene rings is 1. The molecule has 0 bridgehead atoms. The zero-order valence-corrected chi connectivity index (χ0v) is 10.2. The number of nitrogens with two attached hydrogens (primary N) is 1. The molecule has 4 N–H and O–H groups in total. The van der Waals surface area contributed by atoms with E-state index in [9.17, 15) is 9.59 Å². The molecule has 2 amide bonds. The van der Waals surface area contributed by atoms with Crippen LogP contribution in [-0.2, 0) is 0 Å². The van der Waals surface area contributed by atoms with Gasteiger partial charge in [-0.25, -0.2) is 15.0 Å². The number of carbonyl (C=O) groups is 2.